The van der Waals surface area contributed by atoms with E-state index in [1.807, 2.05) is 24.3 Å². The van der Waals surface area contributed by atoms with Crippen LogP contribution in [0.5, 0.6) is 11.5 Å². The van der Waals surface area contributed by atoms with E-state index in [9.17, 15) is 9.59 Å². The van der Waals surface area contributed by atoms with Crippen LogP contribution in [0.4, 0.5) is 0 Å². The second kappa shape index (κ2) is 11.8. The molecule has 1 atom stereocenters. The second-order valence-corrected chi connectivity index (χ2v) is 8.57. The van der Waals surface area contributed by atoms with Crippen LogP contribution >= 0.6 is 11.6 Å². The van der Waals surface area contributed by atoms with Crippen molar-refractivity contribution in [1.29, 1.82) is 0 Å². The summed E-state index contributed by atoms with van der Waals surface area (Å²) in [6.45, 7) is 1.87. The summed E-state index contributed by atoms with van der Waals surface area (Å²) in [6, 6.07) is 13.9. The largest absolute Gasteiger partial charge is 0.497 e. The molecule has 1 fully saturated rings. The van der Waals surface area contributed by atoms with Gasteiger partial charge in [0.05, 0.1) is 7.11 Å². The Bertz CT molecular complexity index is 897. The van der Waals surface area contributed by atoms with Crippen LogP contribution in [0.1, 0.15) is 44.6 Å². The lowest BCUT2D eigenvalue weighted by molar-refractivity contribution is -0.142. The van der Waals surface area contributed by atoms with Crippen molar-refractivity contribution in [1.82, 2.24) is 10.2 Å². The van der Waals surface area contributed by atoms with Gasteiger partial charge in [-0.2, -0.15) is 0 Å². The van der Waals surface area contributed by atoms with E-state index >= 15 is 0 Å². The van der Waals surface area contributed by atoms with Crippen molar-refractivity contribution >= 4 is 23.4 Å². The molecule has 0 bridgehead atoms. The number of halogens is 1. The minimum atomic E-state index is -0.630. The number of carbonyl (C=O) groups excluding carboxylic acids is 2. The third-order valence-corrected chi connectivity index (χ3v) is 6.02. The van der Waals surface area contributed by atoms with Crippen molar-refractivity contribution in [2.45, 2.75) is 57.7 Å². The van der Waals surface area contributed by atoms with E-state index in [2.05, 4.69) is 5.32 Å². The van der Waals surface area contributed by atoms with Gasteiger partial charge in [0, 0.05) is 17.6 Å². The lowest BCUT2D eigenvalue weighted by Crippen LogP contribution is -2.51. The zero-order valence-corrected chi connectivity index (χ0v) is 19.4. The van der Waals surface area contributed by atoms with Gasteiger partial charge in [-0.05, 0) is 55.7 Å². The highest BCUT2D eigenvalue weighted by atomic mass is 35.5. The molecule has 0 heterocycles. The van der Waals surface area contributed by atoms with Crippen molar-refractivity contribution in [3.63, 3.8) is 0 Å². The van der Waals surface area contributed by atoms with Gasteiger partial charge in [0.2, 0.25) is 5.91 Å². The van der Waals surface area contributed by atoms with Gasteiger partial charge >= 0.3 is 0 Å². The van der Waals surface area contributed by atoms with Gasteiger partial charge in [-0.25, -0.2) is 0 Å². The molecule has 1 aliphatic rings. The van der Waals surface area contributed by atoms with Crippen LogP contribution in [0, 0.1) is 0 Å². The molecule has 0 radical (unpaired) electrons. The third-order valence-electron chi connectivity index (χ3n) is 5.79. The molecule has 1 N–H and O–H groups in total. The number of benzene rings is 2. The minimum Gasteiger partial charge on any atom is -0.497 e. The predicted molar refractivity (Wildman–Crippen MR) is 125 cm³/mol. The van der Waals surface area contributed by atoms with Crippen molar-refractivity contribution in [3.8, 4) is 11.5 Å². The Morgan fingerprint density at radius 3 is 2.47 bits per heavy atom. The first-order chi connectivity index (χ1) is 15.5. The first-order valence-corrected chi connectivity index (χ1v) is 11.4. The first-order valence-electron chi connectivity index (χ1n) is 11.1. The van der Waals surface area contributed by atoms with Crippen LogP contribution < -0.4 is 14.8 Å². The number of ether oxygens (including phenoxy) is 2. The topological polar surface area (TPSA) is 67.9 Å². The highest BCUT2D eigenvalue weighted by Gasteiger charge is 2.28. The molecule has 2 amide bonds. The van der Waals surface area contributed by atoms with Gasteiger partial charge < -0.3 is 19.7 Å². The van der Waals surface area contributed by atoms with Gasteiger partial charge in [0.1, 0.15) is 17.5 Å². The minimum absolute atomic E-state index is 0.137. The molecule has 2 aromatic rings. The van der Waals surface area contributed by atoms with E-state index in [0.29, 0.717) is 17.3 Å². The second-order valence-electron chi connectivity index (χ2n) is 8.14. The Labute approximate surface area is 194 Å². The van der Waals surface area contributed by atoms with E-state index in [1.54, 1.807) is 43.2 Å². The van der Waals surface area contributed by atoms with Crippen molar-refractivity contribution in [2.75, 3.05) is 13.7 Å². The Balaban J connectivity index is 1.70. The standard InChI is InChI=1S/C25H31ClN2O4/c1-18(25(30)27-21-8-4-3-5-9-21)28(16-19-11-13-22(31-2)14-12-19)24(29)17-32-23-10-6-7-20(26)15-23/h6-7,10-15,18,21H,3-5,8-9,16-17H2,1-2H3,(H,27,30). The number of methoxy groups -OCH3 is 1. The molecule has 2 aromatic carbocycles. The van der Waals surface area contributed by atoms with Crippen molar-refractivity contribution < 1.29 is 19.1 Å². The maximum Gasteiger partial charge on any atom is 0.261 e. The van der Waals surface area contributed by atoms with E-state index in [1.165, 1.54) is 6.42 Å². The number of rotatable bonds is 9. The predicted octanol–water partition coefficient (Wildman–Crippen LogP) is 4.59. The van der Waals surface area contributed by atoms with Gasteiger partial charge in [0.25, 0.3) is 5.91 Å². The molecule has 0 aliphatic heterocycles. The molecular formula is C25H31ClN2O4. The Hall–Kier alpha value is -2.73. The third kappa shape index (κ3) is 6.89. The monoisotopic (exact) mass is 458 g/mol. The molecular weight excluding hydrogens is 428 g/mol. The molecule has 32 heavy (non-hydrogen) atoms. The fraction of sp³-hybridized carbons (Fsp3) is 0.440. The zero-order valence-electron chi connectivity index (χ0n) is 18.7. The first kappa shape index (κ1) is 23.9. The van der Waals surface area contributed by atoms with E-state index < -0.39 is 6.04 Å². The number of nitrogens with zero attached hydrogens (tertiary/aromatic N) is 1. The molecule has 1 unspecified atom stereocenters. The maximum atomic E-state index is 13.1. The average molecular weight is 459 g/mol. The summed E-state index contributed by atoms with van der Waals surface area (Å²) in [5.41, 5.74) is 0.902. The number of amides is 2. The van der Waals surface area contributed by atoms with E-state index in [0.717, 1.165) is 37.0 Å². The molecule has 3 rings (SSSR count). The highest BCUT2D eigenvalue weighted by Crippen LogP contribution is 2.20. The summed E-state index contributed by atoms with van der Waals surface area (Å²) in [7, 11) is 1.61. The molecule has 0 spiro atoms. The average Bonchev–Trinajstić information content (AvgIpc) is 2.81. The lowest BCUT2D eigenvalue weighted by Gasteiger charge is -2.31. The Morgan fingerprint density at radius 2 is 1.81 bits per heavy atom. The summed E-state index contributed by atoms with van der Waals surface area (Å²) in [6.07, 6.45) is 5.44. The quantitative estimate of drug-likeness (QED) is 0.596. The van der Waals surface area contributed by atoms with Gasteiger partial charge in [-0.1, -0.05) is 49.1 Å². The van der Waals surface area contributed by atoms with Crippen LogP contribution in [-0.4, -0.2) is 42.5 Å². The summed E-state index contributed by atoms with van der Waals surface area (Å²) in [4.78, 5) is 27.7. The number of nitrogens with one attached hydrogen (secondary N) is 1. The SMILES string of the molecule is COc1ccc(CN(C(=O)COc2cccc(Cl)c2)C(C)C(=O)NC2CCCCC2)cc1. The molecule has 0 aromatic heterocycles. The molecule has 7 heteroatoms. The fourth-order valence-corrected chi connectivity index (χ4v) is 4.04. The van der Waals surface area contributed by atoms with Gasteiger partial charge in [-0.3, -0.25) is 9.59 Å². The number of hydrogen-bond acceptors (Lipinski definition) is 4. The van der Waals surface area contributed by atoms with Gasteiger partial charge in [0.15, 0.2) is 6.61 Å². The van der Waals surface area contributed by atoms with E-state index in [4.69, 9.17) is 21.1 Å². The van der Waals surface area contributed by atoms with E-state index in [-0.39, 0.29) is 24.5 Å². The van der Waals surface area contributed by atoms with Crippen LogP contribution in [-0.2, 0) is 16.1 Å². The van der Waals surface area contributed by atoms with Crippen LogP contribution in [0.25, 0.3) is 0 Å². The highest BCUT2D eigenvalue weighted by molar-refractivity contribution is 6.30. The smallest absolute Gasteiger partial charge is 0.261 e. The Morgan fingerprint density at radius 1 is 1.09 bits per heavy atom. The van der Waals surface area contributed by atoms with Crippen molar-refractivity contribution in [2.24, 2.45) is 0 Å². The summed E-state index contributed by atoms with van der Waals surface area (Å²) < 4.78 is 10.9. The molecule has 1 aliphatic carbocycles. The molecule has 6 nitrogen and oxygen atoms in total. The number of carbonyl (C=O) groups is 2. The molecule has 0 saturated heterocycles. The molecule has 172 valence electrons. The van der Waals surface area contributed by atoms with Gasteiger partial charge in [-0.15, -0.1) is 0 Å². The Kier molecular flexibility index (Phi) is 8.80. The van der Waals surface area contributed by atoms with Crippen LogP contribution in [0.15, 0.2) is 48.5 Å². The fourth-order valence-electron chi connectivity index (χ4n) is 3.86. The molecule has 1 saturated carbocycles. The summed E-state index contributed by atoms with van der Waals surface area (Å²) >= 11 is 6.00. The maximum absolute atomic E-state index is 13.1. The summed E-state index contributed by atoms with van der Waals surface area (Å²) in [5.74, 6) is 0.835. The normalized spacial score (nSPS) is 15.0. The van der Waals surface area contributed by atoms with Crippen LogP contribution in [0.2, 0.25) is 5.02 Å². The zero-order chi connectivity index (χ0) is 22.9. The number of hydrogen-bond donors (Lipinski definition) is 1. The van der Waals surface area contributed by atoms with Crippen molar-refractivity contribution in [3.05, 3.63) is 59.1 Å². The van der Waals surface area contributed by atoms with Crippen LogP contribution in [0.3, 0.4) is 0 Å². The lowest BCUT2D eigenvalue weighted by atomic mass is 9.95. The summed E-state index contributed by atoms with van der Waals surface area (Å²) in [5, 5.41) is 3.66.